The second-order valence-electron chi connectivity index (χ2n) is 8.50. The molecule has 2 heterocycles. The number of nitrogens with two attached hydrogens (primary N) is 1. The van der Waals surface area contributed by atoms with Crippen LogP contribution < -0.4 is 10.5 Å². The van der Waals surface area contributed by atoms with E-state index in [9.17, 15) is 0 Å². The fraction of sp³-hybridized carbons (Fsp3) is 0.269. The molecular weight excluding hydrogens is 414 g/mol. The number of aryl methyl sites for hydroxylation is 1. The number of guanidine groups is 1. The Balaban J connectivity index is 1.28. The Kier molecular flexibility index (Phi) is 5.69. The zero-order valence-electron chi connectivity index (χ0n) is 18.6. The first kappa shape index (κ1) is 21.0. The molecule has 0 aliphatic carbocycles. The number of ether oxygens (including phenoxy) is 1. The van der Waals surface area contributed by atoms with Crippen LogP contribution >= 0.6 is 0 Å². The lowest BCUT2D eigenvalue weighted by Gasteiger charge is -2.21. The lowest BCUT2D eigenvalue weighted by atomic mass is 10.1. The van der Waals surface area contributed by atoms with Gasteiger partial charge in [0, 0.05) is 18.5 Å². The standard InChI is InChI=1S/C26H27N5O2/c1-17-4-6-18(7-5-17)12-14-32-22-11-10-19-15-21(9-8-20(19)16-22)24-29-25(33-30-24)23-3-2-13-31(23)26(27)28/h4-11,15-16,23H,2-3,12-14H2,1H3,(H3,27,28)/t23-/m0/s1. The van der Waals surface area contributed by atoms with Gasteiger partial charge in [0.1, 0.15) is 11.8 Å². The summed E-state index contributed by atoms with van der Waals surface area (Å²) in [6.45, 7) is 3.47. The van der Waals surface area contributed by atoms with E-state index >= 15 is 0 Å². The minimum atomic E-state index is -0.121. The van der Waals surface area contributed by atoms with E-state index in [0.717, 1.165) is 47.9 Å². The molecule has 1 aromatic heterocycles. The molecule has 1 fully saturated rings. The van der Waals surface area contributed by atoms with Crippen LogP contribution in [0.1, 0.15) is 35.9 Å². The minimum Gasteiger partial charge on any atom is -0.493 e. The average molecular weight is 442 g/mol. The molecule has 1 atom stereocenters. The summed E-state index contributed by atoms with van der Waals surface area (Å²) >= 11 is 0. The van der Waals surface area contributed by atoms with Crippen molar-refractivity contribution in [2.24, 2.45) is 5.73 Å². The Morgan fingerprint density at radius 3 is 2.73 bits per heavy atom. The van der Waals surface area contributed by atoms with Gasteiger partial charge in [-0.3, -0.25) is 5.41 Å². The molecule has 0 radical (unpaired) electrons. The first-order valence-corrected chi connectivity index (χ1v) is 11.2. The highest BCUT2D eigenvalue weighted by atomic mass is 16.5. The largest absolute Gasteiger partial charge is 0.493 e. The molecule has 0 amide bonds. The van der Waals surface area contributed by atoms with Crippen LogP contribution in [0.25, 0.3) is 22.2 Å². The SMILES string of the molecule is Cc1ccc(CCOc2ccc3cc(-c4noc([C@@H]5CCCN5C(=N)N)n4)ccc3c2)cc1. The maximum atomic E-state index is 7.75. The fourth-order valence-electron chi connectivity index (χ4n) is 4.29. The summed E-state index contributed by atoms with van der Waals surface area (Å²) in [6, 6.07) is 20.6. The van der Waals surface area contributed by atoms with Gasteiger partial charge in [0.2, 0.25) is 11.7 Å². The van der Waals surface area contributed by atoms with E-state index in [1.807, 2.05) is 18.2 Å². The topological polar surface area (TPSA) is 101 Å². The number of aromatic nitrogens is 2. The lowest BCUT2D eigenvalue weighted by Crippen LogP contribution is -2.35. The van der Waals surface area contributed by atoms with Crippen molar-refractivity contribution in [3.05, 3.63) is 77.7 Å². The van der Waals surface area contributed by atoms with Crippen molar-refractivity contribution in [3.8, 4) is 17.1 Å². The summed E-state index contributed by atoms with van der Waals surface area (Å²) < 4.78 is 11.5. The zero-order valence-corrected chi connectivity index (χ0v) is 18.6. The molecule has 168 valence electrons. The van der Waals surface area contributed by atoms with Crippen LogP contribution in [0.5, 0.6) is 5.75 Å². The monoisotopic (exact) mass is 441 g/mol. The molecule has 1 saturated heterocycles. The number of hydrogen-bond acceptors (Lipinski definition) is 5. The molecule has 7 heteroatoms. The molecule has 4 aromatic rings. The Morgan fingerprint density at radius 2 is 1.91 bits per heavy atom. The van der Waals surface area contributed by atoms with Crippen LogP contribution in [0.2, 0.25) is 0 Å². The van der Waals surface area contributed by atoms with Crippen LogP contribution in [0, 0.1) is 12.3 Å². The first-order valence-electron chi connectivity index (χ1n) is 11.2. The summed E-state index contributed by atoms with van der Waals surface area (Å²) in [5.74, 6) is 1.95. The maximum absolute atomic E-state index is 7.75. The fourth-order valence-corrected chi connectivity index (χ4v) is 4.29. The zero-order chi connectivity index (χ0) is 22.8. The predicted molar refractivity (Wildman–Crippen MR) is 128 cm³/mol. The highest BCUT2D eigenvalue weighted by Crippen LogP contribution is 2.32. The molecule has 0 spiro atoms. The van der Waals surface area contributed by atoms with E-state index < -0.39 is 0 Å². The molecule has 1 aliphatic heterocycles. The average Bonchev–Trinajstić information content (AvgIpc) is 3.50. The lowest BCUT2D eigenvalue weighted by molar-refractivity contribution is 0.283. The summed E-state index contributed by atoms with van der Waals surface area (Å²) in [5, 5.41) is 14.1. The van der Waals surface area contributed by atoms with E-state index in [1.165, 1.54) is 11.1 Å². The van der Waals surface area contributed by atoms with E-state index in [0.29, 0.717) is 18.3 Å². The first-order chi connectivity index (χ1) is 16.1. The van der Waals surface area contributed by atoms with Crippen LogP contribution in [0.3, 0.4) is 0 Å². The van der Waals surface area contributed by atoms with Crippen LogP contribution in [-0.4, -0.2) is 34.2 Å². The summed E-state index contributed by atoms with van der Waals surface area (Å²) in [7, 11) is 0. The minimum absolute atomic E-state index is 0.0415. The second-order valence-corrected chi connectivity index (χ2v) is 8.50. The summed E-state index contributed by atoms with van der Waals surface area (Å²) in [4.78, 5) is 6.40. The summed E-state index contributed by atoms with van der Waals surface area (Å²) in [5.41, 5.74) is 9.12. The number of nitrogens with zero attached hydrogens (tertiary/aromatic N) is 3. The third-order valence-electron chi connectivity index (χ3n) is 6.14. The number of nitrogens with one attached hydrogen (secondary N) is 1. The number of rotatable bonds is 6. The van der Waals surface area contributed by atoms with Crippen molar-refractivity contribution in [1.82, 2.24) is 15.0 Å². The molecule has 0 bridgehead atoms. The highest BCUT2D eigenvalue weighted by molar-refractivity contribution is 5.87. The van der Waals surface area contributed by atoms with Crippen molar-refractivity contribution in [3.63, 3.8) is 0 Å². The molecular formula is C26H27N5O2. The van der Waals surface area contributed by atoms with Gasteiger partial charge >= 0.3 is 0 Å². The van der Waals surface area contributed by atoms with Gasteiger partial charge in [-0.05, 0) is 54.3 Å². The smallest absolute Gasteiger partial charge is 0.249 e. The number of benzene rings is 3. The van der Waals surface area contributed by atoms with Gasteiger partial charge < -0.3 is 19.9 Å². The molecule has 1 aliphatic rings. The van der Waals surface area contributed by atoms with Gasteiger partial charge in [-0.1, -0.05) is 53.2 Å². The predicted octanol–water partition coefficient (Wildman–Crippen LogP) is 4.85. The molecule has 7 nitrogen and oxygen atoms in total. The van der Waals surface area contributed by atoms with Crippen molar-refractivity contribution < 1.29 is 9.26 Å². The van der Waals surface area contributed by atoms with Gasteiger partial charge in [-0.25, -0.2) is 0 Å². The highest BCUT2D eigenvalue weighted by Gasteiger charge is 2.31. The van der Waals surface area contributed by atoms with E-state index in [2.05, 4.69) is 59.5 Å². The van der Waals surface area contributed by atoms with Gasteiger partial charge in [0.15, 0.2) is 5.96 Å². The quantitative estimate of drug-likeness (QED) is 0.328. The van der Waals surface area contributed by atoms with E-state index in [-0.39, 0.29) is 12.0 Å². The second kappa shape index (κ2) is 8.94. The maximum Gasteiger partial charge on any atom is 0.249 e. The third-order valence-corrected chi connectivity index (χ3v) is 6.14. The Labute approximate surface area is 192 Å². The van der Waals surface area contributed by atoms with Crippen molar-refractivity contribution >= 4 is 16.7 Å². The molecule has 0 saturated carbocycles. The van der Waals surface area contributed by atoms with E-state index in [4.69, 9.17) is 20.4 Å². The van der Waals surface area contributed by atoms with Crippen molar-refractivity contribution in [2.45, 2.75) is 32.2 Å². The van der Waals surface area contributed by atoms with Crippen LogP contribution in [-0.2, 0) is 6.42 Å². The molecule has 5 rings (SSSR count). The number of hydrogen-bond donors (Lipinski definition) is 2. The van der Waals surface area contributed by atoms with E-state index in [1.54, 1.807) is 4.90 Å². The number of fused-ring (bicyclic) bond motifs is 1. The van der Waals surface area contributed by atoms with Gasteiger partial charge in [-0.15, -0.1) is 0 Å². The third kappa shape index (κ3) is 4.53. The Hall–Kier alpha value is -3.87. The van der Waals surface area contributed by atoms with Crippen LogP contribution in [0.15, 0.2) is 65.2 Å². The Bertz CT molecular complexity index is 1280. The normalized spacial score (nSPS) is 15.8. The molecule has 0 unspecified atom stereocenters. The summed E-state index contributed by atoms with van der Waals surface area (Å²) in [6.07, 6.45) is 2.68. The van der Waals surface area contributed by atoms with Gasteiger partial charge in [0.25, 0.3) is 0 Å². The molecule has 33 heavy (non-hydrogen) atoms. The Morgan fingerprint density at radius 1 is 1.12 bits per heavy atom. The molecule has 3 aromatic carbocycles. The van der Waals surface area contributed by atoms with Gasteiger partial charge in [0.05, 0.1) is 6.61 Å². The van der Waals surface area contributed by atoms with Crippen LogP contribution in [0.4, 0.5) is 0 Å². The van der Waals surface area contributed by atoms with Gasteiger partial charge in [-0.2, -0.15) is 4.98 Å². The molecule has 3 N–H and O–H groups in total. The number of likely N-dealkylation sites (tertiary alicyclic amines) is 1. The van der Waals surface area contributed by atoms with Crippen molar-refractivity contribution in [1.29, 1.82) is 5.41 Å². The van der Waals surface area contributed by atoms with Crippen molar-refractivity contribution in [2.75, 3.05) is 13.2 Å².